The molecule has 0 saturated heterocycles. The minimum atomic E-state index is -0.143. The molecule has 1 aromatic carbocycles. The van der Waals surface area contributed by atoms with Crippen molar-refractivity contribution >= 4 is 10.9 Å². The highest BCUT2D eigenvalue weighted by Crippen LogP contribution is 2.36. The highest BCUT2D eigenvalue weighted by molar-refractivity contribution is 5.81. The number of aryl methyl sites for hydroxylation is 1. The summed E-state index contributed by atoms with van der Waals surface area (Å²) in [5, 5.41) is 0.931. The zero-order valence-electron chi connectivity index (χ0n) is 9.31. The first kappa shape index (κ1) is 9.85. The molecular weight excluding hydrogens is 203 g/mol. The van der Waals surface area contributed by atoms with Gasteiger partial charge in [-0.1, -0.05) is 0 Å². The number of fused-ring (bicyclic) bond motifs is 1. The van der Waals surface area contributed by atoms with Crippen molar-refractivity contribution in [3.05, 3.63) is 35.3 Å². The van der Waals surface area contributed by atoms with Crippen LogP contribution in [0, 0.1) is 12.7 Å². The lowest BCUT2D eigenvalue weighted by Crippen LogP contribution is -2.25. The summed E-state index contributed by atoms with van der Waals surface area (Å²) in [6.45, 7) is 1.98. The van der Waals surface area contributed by atoms with Gasteiger partial charge in [-0.25, -0.2) is 4.39 Å². The third-order valence-electron chi connectivity index (χ3n) is 3.36. The van der Waals surface area contributed by atoms with Crippen molar-refractivity contribution in [2.45, 2.75) is 31.7 Å². The second-order valence-electron chi connectivity index (χ2n) is 5.02. The van der Waals surface area contributed by atoms with Crippen LogP contribution in [0.5, 0.6) is 0 Å². The standard InChI is InChI=1S/C13H15FN2/c1-8-4-9-5-11(14)10(6-12(9)16-8)7-13(15)2-3-13/h4-6,16H,2-3,7,15H2,1H3. The molecule has 3 rings (SSSR count). The Morgan fingerprint density at radius 3 is 2.81 bits per heavy atom. The molecular formula is C13H15FN2. The van der Waals surface area contributed by atoms with Gasteiger partial charge in [0.15, 0.2) is 0 Å². The first-order chi connectivity index (χ1) is 7.56. The summed E-state index contributed by atoms with van der Waals surface area (Å²) in [7, 11) is 0. The van der Waals surface area contributed by atoms with Crippen LogP contribution in [0.2, 0.25) is 0 Å². The maximum atomic E-state index is 13.8. The average Bonchev–Trinajstić information content (AvgIpc) is 2.80. The van der Waals surface area contributed by atoms with E-state index in [1.54, 1.807) is 6.07 Å². The van der Waals surface area contributed by atoms with Crippen molar-refractivity contribution in [3.63, 3.8) is 0 Å². The van der Waals surface area contributed by atoms with Gasteiger partial charge in [-0.05, 0) is 49.9 Å². The number of benzene rings is 1. The van der Waals surface area contributed by atoms with Crippen LogP contribution < -0.4 is 5.73 Å². The second-order valence-corrected chi connectivity index (χ2v) is 5.02. The van der Waals surface area contributed by atoms with E-state index in [1.807, 2.05) is 19.1 Å². The van der Waals surface area contributed by atoms with Gasteiger partial charge in [-0.2, -0.15) is 0 Å². The second kappa shape index (κ2) is 3.08. The van der Waals surface area contributed by atoms with E-state index >= 15 is 0 Å². The Hall–Kier alpha value is -1.35. The molecule has 0 unspecified atom stereocenters. The van der Waals surface area contributed by atoms with Crippen LogP contribution in [0.4, 0.5) is 4.39 Å². The topological polar surface area (TPSA) is 41.8 Å². The van der Waals surface area contributed by atoms with E-state index < -0.39 is 0 Å². The third kappa shape index (κ3) is 1.61. The molecule has 0 bridgehead atoms. The van der Waals surface area contributed by atoms with Gasteiger partial charge in [0, 0.05) is 22.1 Å². The van der Waals surface area contributed by atoms with Crippen LogP contribution in [0.3, 0.4) is 0 Å². The number of nitrogens with two attached hydrogens (primary N) is 1. The van der Waals surface area contributed by atoms with E-state index in [1.165, 1.54) is 0 Å². The Morgan fingerprint density at radius 1 is 1.38 bits per heavy atom. The smallest absolute Gasteiger partial charge is 0.127 e. The van der Waals surface area contributed by atoms with E-state index in [9.17, 15) is 4.39 Å². The van der Waals surface area contributed by atoms with E-state index in [-0.39, 0.29) is 11.4 Å². The zero-order valence-corrected chi connectivity index (χ0v) is 9.31. The Kier molecular flexibility index (Phi) is 1.89. The summed E-state index contributed by atoms with van der Waals surface area (Å²) in [6.07, 6.45) is 2.66. The highest BCUT2D eigenvalue weighted by atomic mass is 19.1. The summed E-state index contributed by atoms with van der Waals surface area (Å²) in [5.74, 6) is -0.136. The molecule has 2 nitrogen and oxygen atoms in total. The number of aromatic amines is 1. The van der Waals surface area contributed by atoms with Crippen LogP contribution in [0.15, 0.2) is 18.2 Å². The van der Waals surface area contributed by atoms with Gasteiger partial charge >= 0.3 is 0 Å². The largest absolute Gasteiger partial charge is 0.359 e. The molecule has 84 valence electrons. The number of nitrogens with one attached hydrogen (secondary N) is 1. The van der Waals surface area contributed by atoms with E-state index in [0.717, 1.165) is 35.0 Å². The third-order valence-corrected chi connectivity index (χ3v) is 3.36. The van der Waals surface area contributed by atoms with Crippen LogP contribution in [0.1, 0.15) is 24.1 Å². The number of hydrogen-bond donors (Lipinski definition) is 2. The number of halogens is 1. The Labute approximate surface area is 93.6 Å². The van der Waals surface area contributed by atoms with Crippen molar-refractivity contribution in [2.75, 3.05) is 0 Å². The lowest BCUT2D eigenvalue weighted by molar-refractivity contribution is 0.584. The van der Waals surface area contributed by atoms with Crippen molar-refractivity contribution < 1.29 is 4.39 Å². The van der Waals surface area contributed by atoms with Gasteiger partial charge in [-0.15, -0.1) is 0 Å². The molecule has 0 spiro atoms. The summed E-state index contributed by atoms with van der Waals surface area (Å²) in [5.41, 5.74) is 8.66. The van der Waals surface area contributed by atoms with Gasteiger partial charge in [0.05, 0.1) is 0 Å². The van der Waals surface area contributed by atoms with E-state index in [4.69, 9.17) is 5.73 Å². The number of rotatable bonds is 2. The monoisotopic (exact) mass is 218 g/mol. The molecule has 0 amide bonds. The molecule has 1 aromatic heterocycles. The zero-order chi connectivity index (χ0) is 11.3. The van der Waals surface area contributed by atoms with E-state index in [0.29, 0.717) is 6.42 Å². The summed E-state index contributed by atoms with van der Waals surface area (Å²) < 4.78 is 13.8. The molecule has 1 fully saturated rings. The molecule has 1 heterocycles. The summed E-state index contributed by atoms with van der Waals surface area (Å²) in [6, 6.07) is 5.45. The predicted molar refractivity (Wildman–Crippen MR) is 62.9 cm³/mol. The first-order valence-electron chi connectivity index (χ1n) is 5.62. The molecule has 1 aliphatic rings. The minimum Gasteiger partial charge on any atom is -0.359 e. The molecule has 3 N–H and O–H groups in total. The fraction of sp³-hybridized carbons (Fsp3) is 0.385. The molecule has 2 aromatic rings. The van der Waals surface area contributed by atoms with Crippen molar-refractivity contribution in [1.29, 1.82) is 0 Å². The summed E-state index contributed by atoms with van der Waals surface area (Å²) >= 11 is 0. The molecule has 0 atom stereocenters. The van der Waals surface area contributed by atoms with Gasteiger partial charge in [-0.3, -0.25) is 0 Å². The van der Waals surface area contributed by atoms with Crippen LogP contribution in [0.25, 0.3) is 10.9 Å². The van der Waals surface area contributed by atoms with Crippen LogP contribution in [-0.4, -0.2) is 10.5 Å². The molecule has 16 heavy (non-hydrogen) atoms. The highest BCUT2D eigenvalue weighted by Gasteiger charge is 2.38. The lowest BCUT2D eigenvalue weighted by Gasteiger charge is -2.09. The van der Waals surface area contributed by atoms with Crippen molar-refractivity contribution in [3.8, 4) is 0 Å². The predicted octanol–water partition coefficient (Wildman–Crippen LogP) is 2.65. The van der Waals surface area contributed by atoms with Gasteiger partial charge < -0.3 is 10.7 Å². The van der Waals surface area contributed by atoms with Crippen molar-refractivity contribution in [2.24, 2.45) is 5.73 Å². The van der Waals surface area contributed by atoms with Gasteiger partial charge in [0.25, 0.3) is 0 Å². The molecule has 1 saturated carbocycles. The molecule has 0 radical (unpaired) electrons. The number of H-pyrrole nitrogens is 1. The quantitative estimate of drug-likeness (QED) is 0.799. The van der Waals surface area contributed by atoms with Crippen LogP contribution in [-0.2, 0) is 6.42 Å². The number of aromatic nitrogens is 1. The SMILES string of the molecule is Cc1cc2cc(F)c(CC3(N)CC3)cc2[nH]1. The van der Waals surface area contributed by atoms with Crippen molar-refractivity contribution in [1.82, 2.24) is 4.98 Å². The average molecular weight is 218 g/mol. The Balaban J connectivity index is 2.06. The maximum Gasteiger partial charge on any atom is 0.127 e. The van der Waals surface area contributed by atoms with E-state index in [2.05, 4.69) is 4.98 Å². The Morgan fingerprint density at radius 2 is 2.12 bits per heavy atom. The fourth-order valence-electron chi connectivity index (χ4n) is 2.20. The minimum absolute atomic E-state index is 0.136. The summed E-state index contributed by atoms with van der Waals surface area (Å²) in [4.78, 5) is 3.22. The van der Waals surface area contributed by atoms with Gasteiger partial charge in [0.2, 0.25) is 0 Å². The normalized spacial score (nSPS) is 17.9. The number of hydrogen-bond acceptors (Lipinski definition) is 1. The van der Waals surface area contributed by atoms with Crippen LogP contribution >= 0.6 is 0 Å². The fourth-order valence-corrected chi connectivity index (χ4v) is 2.20. The van der Waals surface area contributed by atoms with Gasteiger partial charge in [0.1, 0.15) is 5.82 Å². The Bertz CT molecular complexity index is 552. The lowest BCUT2D eigenvalue weighted by atomic mass is 10.0. The maximum absolute atomic E-state index is 13.8. The molecule has 0 aliphatic heterocycles. The molecule has 1 aliphatic carbocycles. The first-order valence-corrected chi connectivity index (χ1v) is 5.62. The molecule has 3 heteroatoms.